The maximum Gasteiger partial charge on any atom is 0.264 e. The lowest BCUT2D eigenvalue weighted by Gasteiger charge is -2.44. The van der Waals surface area contributed by atoms with Gasteiger partial charge in [-0.25, -0.2) is 0 Å². The first-order valence-corrected chi connectivity index (χ1v) is 26.8. The molecule has 14 rings (SSSR count). The Balaban J connectivity index is 1.12. The predicted octanol–water partition coefficient (Wildman–Crippen LogP) is 18.0. The van der Waals surface area contributed by atoms with Gasteiger partial charge in [-0.2, -0.15) is 0 Å². The van der Waals surface area contributed by atoms with Gasteiger partial charge in [-0.05, 0) is 139 Å². The van der Waals surface area contributed by atoms with E-state index in [0.29, 0.717) is 5.56 Å². The van der Waals surface area contributed by atoms with Gasteiger partial charge < -0.3 is 14.7 Å². The van der Waals surface area contributed by atoms with Crippen LogP contribution in [0, 0.1) is 0 Å². The second kappa shape index (κ2) is 17.7. The predicted molar refractivity (Wildman–Crippen MR) is 321 cm³/mol. The Morgan fingerprint density at radius 1 is 0.514 bits per heavy atom. The van der Waals surface area contributed by atoms with Gasteiger partial charge in [-0.3, -0.25) is 0 Å². The van der Waals surface area contributed by atoms with Crippen LogP contribution < -0.4 is 30.4 Å². The van der Waals surface area contributed by atoms with E-state index in [-0.39, 0.29) is 41.9 Å². The number of benzene rings is 10. The molecule has 2 aliphatic heterocycles. The van der Waals surface area contributed by atoms with E-state index in [2.05, 4.69) is 247 Å². The topological polar surface area (TPSA) is 9.72 Å². The molecule has 0 N–H and O–H groups in total. The molecule has 4 heterocycles. The Morgan fingerprint density at radius 2 is 1.22 bits per heavy atom. The lowest BCUT2D eigenvalue weighted by molar-refractivity contribution is 0.590. The van der Waals surface area contributed by atoms with Gasteiger partial charge >= 0.3 is 0 Å². The Labute approximate surface area is 448 Å². The monoisotopic (exact) mass is 988 g/mol. The molecule has 0 aliphatic carbocycles. The van der Waals surface area contributed by atoms with Crippen LogP contribution in [0.5, 0.6) is 0 Å². The SMILES string of the molecule is [2H]c1c([2H])c([2H])c(-c2cc3c4c(c2)N(c2cccc5ccsc25)c2cc(N(c5ccccc5)c5ccccc5-c5ccccc5)ccc2B4c2sc4ccc(-c5ccccc5)cc4c2N3c2ccc(C(C)(C)C)cc2)c([2H])c1[2H]. The van der Waals surface area contributed by atoms with E-state index in [1.54, 1.807) is 11.3 Å². The summed E-state index contributed by atoms with van der Waals surface area (Å²) in [5.41, 5.74) is 17.2. The van der Waals surface area contributed by atoms with Crippen molar-refractivity contribution in [1.29, 1.82) is 0 Å². The van der Waals surface area contributed by atoms with Gasteiger partial charge in [0.1, 0.15) is 0 Å². The number of anilines is 9. The van der Waals surface area contributed by atoms with Crippen LogP contribution in [-0.2, 0) is 5.41 Å². The third kappa shape index (κ3) is 7.31. The zero-order chi connectivity index (χ0) is 53.8. The molecule has 0 fully saturated rings. The van der Waals surface area contributed by atoms with Crippen LogP contribution in [0.25, 0.3) is 53.6 Å². The highest BCUT2D eigenvalue weighted by atomic mass is 32.1. The summed E-state index contributed by atoms with van der Waals surface area (Å²) >= 11 is 3.53. The fourth-order valence-electron chi connectivity index (χ4n) is 11.3. The molecule has 3 nitrogen and oxygen atoms in total. The molecule has 0 saturated carbocycles. The quantitative estimate of drug-likeness (QED) is 0.141. The molecule has 2 aromatic heterocycles. The highest BCUT2D eigenvalue weighted by Gasteiger charge is 2.46. The number of thiophene rings is 2. The minimum absolute atomic E-state index is 0.0952. The van der Waals surface area contributed by atoms with Gasteiger partial charge in [0.05, 0.1) is 28.6 Å². The van der Waals surface area contributed by atoms with Crippen LogP contribution in [0.4, 0.5) is 51.2 Å². The molecule has 12 aromatic rings. The summed E-state index contributed by atoms with van der Waals surface area (Å²) in [5.74, 6) is 0. The third-order valence-corrected chi connectivity index (χ3v) is 16.9. The number of fused-ring (bicyclic) bond motifs is 7. The Kier molecular flexibility index (Phi) is 9.35. The number of hydrogen-bond donors (Lipinski definition) is 0. The smallest absolute Gasteiger partial charge is 0.264 e. The third-order valence-electron chi connectivity index (χ3n) is 14.7. The maximum absolute atomic E-state index is 9.53. The second-order valence-corrected chi connectivity index (χ2v) is 22.1. The lowest BCUT2D eigenvalue weighted by Crippen LogP contribution is -2.60. The van der Waals surface area contributed by atoms with E-state index in [1.165, 1.54) is 10.3 Å². The Morgan fingerprint density at radius 3 is 1.97 bits per heavy atom. The molecule has 74 heavy (non-hydrogen) atoms. The van der Waals surface area contributed by atoms with E-state index in [0.717, 1.165) is 105 Å². The van der Waals surface area contributed by atoms with Gasteiger partial charge in [-0.1, -0.05) is 184 Å². The van der Waals surface area contributed by atoms with E-state index in [9.17, 15) is 2.74 Å². The summed E-state index contributed by atoms with van der Waals surface area (Å²) in [5, 5.41) is 4.37. The average Bonchev–Trinajstić information content (AvgIpc) is 2.74. The molecule has 0 atom stereocenters. The van der Waals surface area contributed by atoms with Crippen molar-refractivity contribution in [3.05, 3.63) is 253 Å². The molecule has 352 valence electrons. The molecule has 0 amide bonds. The van der Waals surface area contributed by atoms with Crippen LogP contribution in [0.15, 0.2) is 248 Å². The van der Waals surface area contributed by atoms with Gasteiger partial charge in [0.2, 0.25) is 0 Å². The molecule has 0 bridgehead atoms. The zero-order valence-corrected chi connectivity index (χ0v) is 42.7. The van der Waals surface area contributed by atoms with Crippen molar-refractivity contribution in [1.82, 2.24) is 0 Å². The van der Waals surface area contributed by atoms with E-state index in [4.69, 9.17) is 4.11 Å². The highest BCUT2D eigenvalue weighted by Crippen LogP contribution is 2.52. The minimum atomic E-state index is -0.424. The molecule has 2 aliphatic rings. The molecule has 0 saturated heterocycles. The average molecular weight is 989 g/mol. The second-order valence-electron chi connectivity index (χ2n) is 20.1. The molecular weight excluding hydrogens is 934 g/mol. The van der Waals surface area contributed by atoms with Crippen molar-refractivity contribution in [2.45, 2.75) is 26.2 Å². The molecule has 0 unspecified atom stereocenters. The van der Waals surface area contributed by atoms with Crippen LogP contribution >= 0.6 is 22.7 Å². The minimum Gasteiger partial charge on any atom is -0.310 e. The van der Waals surface area contributed by atoms with Crippen molar-refractivity contribution >= 4 is 116 Å². The normalized spacial score (nSPS) is 13.7. The van der Waals surface area contributed by atoms with Crippen LogP contribution in [-0.4, -0.2) is 6.71 Å². The largest absolute Gasteiger partial charge is 0.310 e. The fourth-order valence-corrected chi connectivity index (χ4v) is 13.5. The van der Waals surface area contributed by atoms with Crippen LogP contribution in [0.3, 0.4) is 0 Å². The van der Waals surface area contributed by atoms with E-state index in [1.807, 2.05) is 17.4 Å². The van der Waals surface area contributed by atoms with Gasteiger partial charge in [0, 0.05) is 54.6 Å². The van der Waals surface area contributed by atoms with Crippen molar-refractivity contribution in [3.63, 3.8) is 0 Å². The standard InChI is InChI=1S/C68H50BN3S2/c1-68(2,3)51-32-34-53(35-33-51)71-61-42-50(46-21-10-5-11-22-46)43-62-64(61)69(67-65(71)56-41-49(31-38-63(56)74-67)45-19-8-4-9-20-45)57-37-36-54(44-60(57)72(62)59-30-18-25-48-39-40-73-66(48)59)70(52-26-14-7-15-27-52)58-29-17-16-28-55(58)47-23-12-6-13-24-47/h4-44H,1-3H3/i5D,10D,11D,21D,22D. The first kappa shape index (κ1) is 39.2. The van der Waals surface area contributed by atoms with Gasteiger partial charge in [0.15, 0.2) is 0 Å². The van der Waals surface area contributed by atoms with Gasteiger partial charge in [0.25, 0.3) is 6.71 Å². The summed E-state index contributed by atoms with van der Waals surface area (Å²) in [6.45, 7) is 6.42. The summed E-state index contributed by atoms with van der Waals surface area (Å²) < 4.78 is 49.2. The summed E-state index contributed by atoms with van der Waals surface area (Å²) in [7, 11) is 0. The number of hydrogen-bond acceptors (Lipinski definition) is 5. The molecule has 0 spiro atoms. The van der Waals surface area contributed by atoms with Gasteiger partial charge in [-0.15, -0.1) is 22.7 Å². The molecule has 6 heteroatoms. The number of para-hydroxylation sites is 2. The van der Waals surface area contributed by atoms with Crippen LogP contribution in [0.1, 0.15) is 33.2 Å². The summed E-state index contributed by atoms with van der Waals surface area (Å²) in [4.78, 5) is 7.14. The maximum atomic E-state index is 9.53. The number of rotatable bonds is 8. The van der Waals surface area contributed by atoms with Crippen LogP contribution in [0.2, 0.25) is 0 Å². The molecular formula is C68H50BN3S2. The fraction of sp³-hybridized carbons (Fsp3) is 0.0588. The molecule has 10 aromatic carbocycles. The van der Waals surface area contributed by atoms with Crippen molar-refractivity contribution in [2.75, 3.05) is 14.7 Å². The van der Waals surface area contributed by atoms with E-state index < -0.39 is 6.04 Å². The first-order valence-electron chi connectivity index (χ1n) is 27.6. The number of nitrogens with zero attached hydrogens (tertiary/aromatic N) is 3. The lowest BCUT2D eigenvalue weighted by atomic mass is 9.36. The molecule has 0 radical (unpaired) electrons. The van der Waals surface area contributed by atoms with Crippen molar-refractivity contribution < 1.29 is 6.85 Å². The first-order chi connectivity index (χ1) is 38.4. The zero-order valence-electron chi connectivity index (χ0n) is 46.0. The summed E-state index contributed by atoms with van der Waals surface area (Å²) in [6.07, 6.45) is 0. The summed E-state index contributed by atoms with van der Waals surface area (Å²) in [6, 6.07) is 74.1. The van der Waals surface area contributed by atoms with Crippen molar-refractivity contribution in [2.24, 2.45) is 0 Å². The van der Waals surface area contributed by atoms with E-state index >= 15 is 0 Å². The van der Waals surface area contributed by atoms with Crippen molar-refractivity contribution in [3.8, 4) is 33.4 Å². The highest BCUT2D eigenvalue weighted by molar-refractivity contribution is 7.33. The Bertz CT molecular complexity index is 4360. The Hall–Kier alpha value is -8.42.